The normalized spacial score (nSPS) is 11.0. The molecule has 0 fully saturated rings. The Morgan fingerprint density at radius 2 is 1.88 bits per heavy atom. The van der Waals surface area contributed by atoms with E-state index in [1.165, 1.54) is 12.1 Å². The third-order valence-electron chi connectivity index (χ3n) is 3.80. The van der Waals surface area contributed by atoms with E-state index in [1.807, 2.05) is 24.3 Å². The maximum Gasteiger partial charge on any atom is 0.160 e. The van der Waals surface area contributed by atoms with Crippen LogP contribution in [-0.2, 0) is 0 Å². The molecule has 0 N–H and O–H groups in total. The Hall–Kier alpha value is -2.37. The highest BCUT2D eigenvalue weighted by atomic mass is 79.9. The van der Waals surface area contributed by atoms with Crippen molar-refractivity contribution >= 4 is 38.6 Å². The molecule has 0 atom stereocenters. The first-order valence-electron chi connectivity index (χ1n) is 7.44. The number of nitrogens with zero attached hydrogens (tertiary/aromatic N) is 3. The number of halogens is 3. The van der Waals surface area contributed by atoms with Crippen molar-refractivity contribution in [2.45, 2.75) is 0 Å². The monoisotopic (exact) mass is 413 g/mol. The smallest absolute Gasteiger partial charge is 0.160 e. The Labute approximate surface area is 156 Å². The number of fused-ring (bicyclic) bond motifs is 1. The zero-order chi connectivity index (χ0) is 17.4. The summed E-state index contributed by atoms with van der Waals surface area (Å²) in [6.07, 6.45) is 5.13. The number of hydrogen-bond donors (Lipinski definition) is 0. The van der Waals surface area contributed by atoms with Crippen LogP contribution in [0.15, 0.2) is 65.5 Å². The second-order valence-corrected chi connectivity index (χ2v) is 6.80. The van der Waals surface area contributed by atoms with Gasteiger partial charge in [0.1, 0.15) is 5.82 Å². The summed E-state index contributed by atoms with van der Waals surface area (Å²) in [4.78, 5) is 13.1. The van der Waals surface area contributed by atoms with Crippen molar-refractivity contribution in [3.8, 4) is 22.4 Å². The highest BCUT2D eigenvalue weighted by Gasteiger charge is 2.13. The molecule has 0 unspecified atom stereocenters. The van der Waals surface area contributed by atoms with Crippen LogP contribution in [0.5, 0.6) is 0 Å². The standard InChI is InChI=1S/C19H10BrClFN3/c20-12-6-11(9-23-10-12)15-8-18(16-7-13(21)3-4-17(16)22)25-19-14(15)2-1-5-24-19/h1-10H. The second kappa shape index (κ2) is 6.50. The van der Waals surface area contributed by atoms with Crippen LogP contribution in [-0.4, -0.2) is 15.0 Å². The summed E-state index contributed by atoms with van der Waals surface area (Å²) < 4.78 is 15.2. The van der Waals surface area contributed by atoms with Gasteiger partial charge in [-0.05, 0) is 64.0 Å². The summed E-state index contributed by atoms with van der Waals surface area (Å²) in [7, 11) is 0. The van der Waals surface area contributed by atoms with E-state index in [4.69, 9.17) is 11.6 Å². The van der Waals surface area contributed by atoms with Gasteiger partial charge < -0.3 is 0 Å². The lowest BCUT2D eigenvalue weighted by Gasteiger charge is -2.10. The van der Waals surface area contributed by atoms with Crippen molar-refractivity contribution in [1.29, 1.82) is 0 Å². The molecule has 25 heavy (non-hydrogen) atoms. The van der Waals surface area contributed by atoms with E-state index in [2.05, 4.69) is 30.9 Å². The number of rotatable bonds is 2. The van der Waals surface area contributed by atoms with E-state index >= 15 is 0 Å². The van der Waals surface area contributed by atoms with E-state index in [0.29, 0.717) is 21.9 Å². The molecular weight excluding hydrogens is 405 g/mol. The Morgan fingerprint density at radius 1 is 1.00 bits per heavy atom. The SMILES string of the molecule is Fc1ccc(Cl)cc1-c1cc(-c2cncc(Br)c2)c2cccnc2n1. The van der Waals surface area contributed by atoms with Gasteiger partial charge in [0.05, 0.1) is 5.69 Å². The van der Waals surface area contributed by atoms with Crippen LogP contribution in [0.3, 0.4) is 0 Å². The topological polar surface area (TPSA) is 38.7 Å². The van der Waals surface area contributed by atoms with Crippen LogP contribution in [0.25, 0.3) is 33.4 Å². The molecule has 3 aromatic heterocycles. The fourth-order valence-electron chi connectivity index (χ4n) is 2.69. The second-order valence-electron chi connectivity index (χ2n) is 5.45. The molecule has 0 aliphatic rings. The molecule has 0 spiro atoms. The lowest BCUT2D eigenvalue weighted by atomic mass is 10.0. The van der Waals surface area contributed by atoms with Gasteiger partial charge in [-0.3, -0.25) is 4.98 Å². The first kappa shape index (κ1) is 16.1. The zero-order valence-corrected chi connectivity index (χ0v) is 15.1. The van der Waals surface area contributed by atoms with Gasteiger partial charge in [-0.15, -0.1) is 0 Å². The van der Waals surface area contributed by atoms with Crippen molar-refractivity contribution in [2.24, 2.45) is 0 Å². The summed E-state index contributed by atoms with van der Waals surface area (Å²) in [6, 6.07) is 12.0. The van der Waals surface area contributed by atoms with Crippen molar-refractivity contribution in [3.63, 3.8) is 0 Å². The average molecular weight is 415 g/mol. The zero-order valence-electron chi connectivity index (χ0n) is 12.7. The van der Waals surface area contributed by atoms with Crippen molar-refractivity contribution in [2.75, 3.05) is 0 Å². The lowest BCUT2D eigenvalue weighted by Crippen LogP contribution is -1.94. The molecule has 3 heterocycles. The van der Waals surface area contributed by atoms with Crippen molar-refractivity contribution in [3.05, 3.63) is 76.4 Å². The largest absolute Gasteiger partial charge is 0.263 e. The van der Waals surface area contributed by atoms with Gasteiger partial charge in [-0.2, -0.15) is 0 Å². The van der Waals surface area contributed by atoms with E-state index in [1.54, 1.807) is 24.7 Å². The van der Waals surface area contributed by atoms with Crippen LogP contribution in [0.4, 0.5) is 4.39 Å². The Bertz CT molecular complexity index is 1100. The Balaban J connectivity index is 2.03. The molecule has 0 radical (unpaired) electrons. The fourth-order valence-corrected chi connectivity index (χ4v) is 3.22. The van der Waals surface area contributed by atoms with Gasteiger partial charge >= 0.3 is 0 Å². The van der Waals surface area contributed by atoms with Crippen LogP contribution >= 0.6 is 27.5 Å². The molecule has 0 amide bonds. The number of hydrogen-bond acceptors (Lipinski definition) is 3. The van der Waals surface area contributed by atoms with Crippen LogP contribution in [0.2, 0.25) is 5.02 Å². The summed E-state index contributed by atoms with van der Waals surface area (Å²) >= 11 is 9.47. The van der Waals surface area contributed by atoms with Crippen molar-refractivity contribution in [1.82, 2.24) is 15.0 Å². The van der Waals surface area contributed by atoms with Crippen LogP contribution < -0.4 is 0 Å². The summed E-state index contributed by atoms with van der Waals surface area (Å²) in [5.41, 5.74) is 3.11. The fraction of sp³-hybridized carbons (Fsp3) is 0. The highest BCUT2D eigenvalue weighted by Crippen LogP contribution is 2.33. The van der Waals surface area contributed by atoms with Gasteiger partial charge in [0.2, 0.25) is 0 Å². The average Bonchev–Trinajstić information content (AvgIpc) is 2.63. The minimum atomic E-state index is -0.384. The van der Waals surface area contributed by atoms with Crippen LogP contribution in [0, 0.1) is 5.82 Å². The Morgan fingerprint density at radius 3 is 2.72 bits per heavy atom. The van der Waals surface area contributed by atoms with Gasteiger partial charge in [-0.1, -0.05) is 11.6 Å². The molecule has 4 rings (SSSR count). The molecule has 3 nitrogen and oxygen atoms in total. The molecule has 0 bridgehead atoms. The molecule has 122 valence electrons. The minimum absolute atomic E-state index is 0.337. The van der Waals surface area contributed by atoms with E-state index in [9.17, 15) is 4.39 Å². The number of pyridine rings is 3. The number of aromatic nitrogens is 3. The molecule has 0 aliphatic heterocycles. The quantitative estimate of drug-likeness (QED) is 0.409. The molecule has 1 aromatic carbocycles. The summed E-state index contributed by atoms with van der Waals surface area (Å²) in [6.45, 7) is 0. The number of benzene rings is 1. The van der Waals surface area contributed by atoms with Gasteiger partial charge in [-0.25, -0.2) is 14.4 Å². The van der Waals surface area contributed by atoms with E-state index in [-0.39, 0.29) is 5.82 Å². The minimum Gasteiger partial charge on any atom is -0.263 e. The first-order valence-corrected chi connectivity index (χ1v) is 8.61. The predicted octanol–water partition coefficient (Wildman–Crippen LogP) is 5.91. The predicted molar refractivity (Wildman–Crippen MR) is 101 cm³/mol. The maximum atomic E-state index is 14.3. The molecular formula is C19H10BrClFN3. The molecule has 4 aromatic rings. The first-order chi connectivity index (χ1) is 12.1. The third kappa shape index (κ3) is 3.13. The third-order valence-corrected chi connectivity index (χ3v) is 4.47. The van der Waals surface area contributed by atoms with Gasteiger partial charge in [0.25, 0.3) is 0 Å². The molecule has 0 saturated heterocycles. The lowest BCUT2D eigenvalue weighted by molar-refractivity contribution is 0.631. The van der Waals surface area contributed by atoms with E-state index in [0.717, 1.165) is 21.0 Å². The maximum absolute atomic E-state index is 14.3. The van der Waals surface area contributed by atoms with Gasteiger partial charge in [0.15, 0.2) is 5.65 Å². The molecule has 0 aliphatic carbocycles. The molecule has 0 saturated carbocycles. The van der Waals surface area contributed by atoms with E-state index < -0.39 is 0 Å². The summed E-state index contributed by atoms with van der Waals surface area (Å²) in [5, 5.41) is 1.32. The Kier molecular flexibility index (Phi) is 4.19. The van der Waals surface area contributed by atoms with Crippen LogP contribution in [0.1, 0.15) is 0 Å². The van der Waals surface area contributed by atoms with Gasteiger partial charge in [0, 0.05) is 44.6 Å². The molecule has 6 heteroatoms. The van der Waals surface area contributed by atoms with Crippen molar-refractivity contribution < 1.29 is 4.39 Å². The summed E-state index contributed by atoms with van der Waals surface area (Å²) in [5.74, 6) is -0.384. The highest BCUT2D eigenvalue weighted by molar-refractivity contribution is 9.10.